The van der Waals surface area contributed by atoms with Crippen molar-refractivity contribution in [3.63, 3.8) is 0 Å². The minimum absolute atomic E-state index is 0.186. The van der Waals surface area contributed by atoms with Crippen LogP contribution in [0.5, 0.6) is 0 Å². The molecule has 2 N–H and O–H groups in total. The lowest BCUT2D eigenvalue weighted by molar-refractivity contribution is -0.121. The Morgan fingerprint density at radius 3 is 1.93 bits per heavy atom. The quantitative estimate of drug-likeness (QED) is 0.514. The molecule has 0 aliphatic rings. The van der Waals surface area contributed by atoms with Crippen LogP contribution in [-0.4, -0.2) is 18.0 Å². The van der Waals surface area contributed by atoms with E-state index in [1.54, 1.807) is 12.2 Å². The number of rotatable bonds is 4. The van der Waals surface area contributed by atoms with Crippen molar-refractivity contribution >= 4 is 11.8 Å². The molecule has 0 heterocycles. The molecule has 0 bridgehead atoms. The van der Waals surface area contributed by atoms with Gasteiger partial charge in [-0.05, 0) is 13.0 Å². The lowest BCUT2D eigenvalue weighted by Crippen LogP contribution is -2.45. The van der Waals surface area contributed by atoms with Crippen molar-refractivity contribution in [2.75, 3.05) is 0 Å². The molecule has 0 rings (SSSR count). The Morgan fingerprint density at radius 2 is 1.57 bits per heavy atom. The van der Waals surface area contributed by atoms with Crippen LogP contribution >= 0.6 is 0 Å². The van der Waals surface area contributed by atoms with Gasteiger partial charge in [0, 0.05) is 13.8 Å². The van der Waals surface area contributed by atoms with Crippen LogP contribution in [0, 0.1) is 0 Å². The summed E-state index contributed by atoms with van der Waals surface area (Å²) < 4.78 is 0. The molecule has 0 saturated carbocycles. The minimum atomic E-state index is -0.443. The van der Waals surface area contributed by atoms with E-state index in [1.165, 1.54) is 13.8 Å². The zero-order chi connectivity index (χ0) is 11.0. The predicted octanol–water partition coefficient (Wildman–Crippen LogP) is 0.717. The van der Waals surface area contributed by atoms with Crippen LogP contribution in [0.4, 0.5) is 0 Å². The lowest BCUT2D eigenvalue weighted by atomic mass is 10.3. The van der Waals surface area contributed by atoms with E-state index in [0.29, 0.717) is 0 Å². The number of allylic oxidation sites excluding steroid dienone is 3. The molecule has 0 aromatic carbocycles. The van der Waals surface area contributed by atoms with Gasteiger partial charge in [-0.2, -0.15) is 0 Å². The molecule has 0 aromatic heterocycles. The van der Waals surface area contributed by atoms with Crippen LogP contribution in [0.25, 0.3) is 0 Å². The first-order valence-electron chi connectivity index (χ1n) is 4.40. The highest BCUT2D eigenvalue weighted by Gasteiger charge is 2.05. The summed E-state index contributed by atoms with van der Waals surface area (Å²) in [6.45, 7) is 4.69. The van der Waals surface area contributed by atoms with Gasteiger partial charge in [0.15, 0.2) is 0 Å². The Morgan fingerprint density at radius 1 is 1.07 bits per heavy atom. The van der Waals surface area contributed by atoms with Gasteiger partial charge < -0.3 is 10.6 Å². The monoisotopic (exact) mass is 196 g/mol. The lowest BCUT2D eigenvalue weighted by Gasteiger charge is -2.13. The summed E-state index contributed by atoms with van der Waals surface area (Å²) in [7, 11) is 0. The van der Waals surface area contributed by atoms with E-state index in [-0.39, 0.29) is 11.8 Å². The average molecular weight is 196 g/mol. The molecule has 2 amide bonds. The van der Waals surface area contributed by atoms with Crippen LogP contribution in [0.15, 0.2) is 24.3 Å². The molecule has 78 valence electrons. The fraction of sp³-hybridized carbons (Fsp3) is 0.400. The van der Waals surface area contributed by atoms with E-state index < -0.39 is 6.17 Å². The first kappa shape index (κ1) is 12.4. The molecule has 0 fully saturated rings. The molecule has 14 heavy (non-hydrogen) atoms. The van der Waals surface area contributed by atoms with Gasteiger partial charge in [-0.1, -0.05) is 18.2 Å². The van der Waals surface area contributed by atoms with Crippen LogP contribution in [0.2, 0.25) is 0 Å². The number of carbonyl (C=O) groups excluding carboxylic acids is 2. The van der Waals surface area contributed by atoms with Crippen LogP contribution in [0.3, 0.4) is 0 Å². The minimum Gasteiger partial charge on any atom is -0.333 e. The van der Waals surface area contributed by atoms with Crippen LogP contribution < -0.4 is 10.6 Å². The fourth-order valence-electron chi connectivity index (χ4n) is 0.857. The van der Waals surface area contributed by atoms with Gasteiger partial charge in [-0.3, -0.25) is 9.59 Å². The molecule has 0 aromatic rings. The number of carbonyl (C=O) groups is 2. The highest BCUT2D eigenvalue weighted by Crippen LogP contribution is 1.84. The van der Waals surface area contributed by atoms with Crippen molar-refractivity contribution in [3.05, 3.63) is 24.3 Å². The van der Waals surface area contributed by atoms with Crippen molar-refractivity contribution in [3.8, 4) is 0 Å². The van der Waals surface area contributed by atoms with Crippen LogP contribution in [0.1, 0.15) is 20.8 Å². The number of hydrogen-bond donors (Lipinski definition) is 2. The van der Waals surface area contributed by atoms with E-state index in [1.807, 2.05) is 19.1 Å². The Balaban J connectivity index is 4.23. The third-order valence-corrected chi connectivity index (χ3v) is 1.32. The summed E-state index contributed by atoms with van der Waals surface area (Å²) in [4.78, 5) is 21.5. The molecule has 0 aliphatic carbocycles. The van der Waals surface area contributed by atoms with E-state index in [2.05, 4.69) is 10.6 Å². The largest absolute Gasteiger partial charge is 0.333 e. The third kappa shape index (κ3) is 7.09. The second kappa shape index (κ2) is 6.88. The second-order valence-electron chi connectivity index (χ2n) is 2.79. The van der Waals surface area contributed by atoms with Crippen molar-refractivity contribution in [2.24, 2.45) is 0 Å². The Labute approximate surface area is 84.1 Å². The van der Waals surface area contributed by atoms with Crippen molar-refractivity contribution < 1.29 is 9.59 Å². The molecule has 0 unspecified atom stereocenters. The van der Waals surface area contributed by atoms with Crippen molar-refractivity contribution in [1.82, 2.24) is 10.6 Å². The van der Waals surface area contributed by atoms with Crippen LogP contribution in [-0.2, 0) is 9.59 Å². The molecule has 0 atom stereocenters. The van der Waals surface area contributed by atoms with E-state index in [9.17, 15) is 9.59 Å². The molecule has 4 heteroatoms. The first-order valence-corrected chi connectivity index (χ1v) is 4.40. The van der Waals surface area contributed by atoms with Gasteiger partial charge in [-0.15, -0.1) is 0 Å². The molecule has 0 spiro atoms. The SMILES string of the molecule is CC=CC=CC(NC(C)=O)NC(C)=O. The van der Waals surface area contributed by atoms with Gasteiger partial charge in [0.05, 0.1) is 0 Å². The number of nitrogens with one attached hydrogen (secondary N) is 2. The maximum atomic E-state index is 10.8. The highest BCUT2D eigenvalue weighted by molar-refractivity contribution is 5.76. The van der Waals surface area contributed by atoms with Crippen molar-refractivity contribution in [1.29, 1.82) is 0 Å². The molecular formula is C10H16N2O2. The smallest absolute Gasteiger partial charge is 0.218 e. The molecule has 0 radical (unpaired) electrons. The fourth-order valence-corrected chi connectivity index (χ4v) is 0.857. The zero-order valence-corrected chi connectivity index (χ0v) is 8.70. The molecule has 4 nitrogen and oxygen atoms in total. The van der Waals surface area contributed by atoms with E-state index >= 15 is 0 Å². The van der Waals surface area contributed by atoms with Gasteiger partial charge in [0.2, 0.25) is 11.8 Å². The highest BCUT2D eigenvalue weighted by atomic mass is 16.2. The average Bonchev–Trinajstić information content (AvgIpc) is 2.02. The number of hydrogen-bond acceptors (Lipinski definition) is 2. The third-order valence-electron chi connectivity index (χ3n) is 1.32. The molecular weight excluding hydrogens is 180 g/mol. The maximum Gasteiger partial charge on any atom is 0.218 e. The van der Waals surface area contributed by atoms with Crippen molar-refractivity contribution in [2.45, 2.75) is 26.9 Å². The van der Waals surface area contributed by atoms with Gasteiger partial charge >= 0.3 is 0 Å². The first-order chi connectivity index (χ1) is 6.56. The normalized spacial score (nSPS) is 11.1. The van der Waals surface area contributed by atoms with Gasteiger partial charge in [0.25, 0.3) is 0 Å². The standard InChI is InChI=1S/C10H16N2O2/c1-4-5-6-7-10(11-8(2)13)12-9(3)14/h4-7,10H,1-3H3,(H,11,13)(H,12,14). The summed E-state index contributed by atoms with van der Waals surface area (Å²) in [5.41, 5.74) is 0. The second-order valence-corrected chi connectivity index (χ2v) is 2.79. The number of amides is 2. The Bertz CT molecular complexity index is 241. The Hall–Kier alpha value is -1.58. The summed E-state index contributed by atoms with van der Waals surface area (Å²) in [5.74, 6) is -0.372. The molecule has 0 aliphatic heterocycles. The summed E-state index contributed by atoms with van der Waals surface area (Å²) in [6, 6.07) is 0. The summed E-state index contributed by atoms with van der Waals surface area (Å²) in [6.07, 6.45) is 6.69. The van der Waals surface area contributed by atoms with E-state index in [4.69, 9.17) is 0 Å². The predicted molar refractivity (Wildman–Crippen MR) is 55.4 cm³/mol. The zero-order valence-electron chi connectivity index (χ0n) is 8.70. The van der Waals surface area contributed by atoms with Gasteiger partial charge in [-0.25, -0.2) is 0 Å². The molecule has 0 saturated heterocycles. The van der Waals surface area contributed by atoms with E-state index in [0.717, 1.165) is 0 Å². The maximum absolute atomic E-state index is 10.8. The topological polar surface area (TPSA) is 58.2 Å². The Kier molecular flexibility index (Phi) is 6.11. The summed E-state index contributed by atoms with van der Waals surface area (Å²) >= 11 is 0. The van der Waals surface area contributed by atoms with Gasteiger partial charge in [0.1, 0.15) is 6.17 Å². The summed E-state index contributed by atoms with van der Waals surface area (Å²) in [5, 5.41) is 5.16.